The van der Waals surface area contributed by atoms with Gasteiger partial charge in [0, 0.05) is 19.6 Å². The molecule has 3 fully saturated rings. The minimum Gasteiger partial charge on any atom is -0.497 e. The van der Waals surface area contributed by atoms with E-state index in [-0.39, 0.29) is 30.2 Å². The number of hydrogen-bond donors (Lipinski definition) is 2. The van der Waals surface area contributed by atoms with Crippen molar-refractivity contribution in [3.05, 3.63) is 29.8 Å². The van der Waals surface area contributed by atoms with Gasteiger partial charge in [0.1, 0.15) is 5.75 Å². The largest absolute Gasteiger partial charge is 0.497 e. The first-order chi connectivity index (χ1) is 13.7. The number of ether oxygens (including phenoxy) is 1. The number of carbonyl (C=O) groups excluding carboxylic acids is 1. The number of amides is 1. The standard InChI is InChI=1S/C23H35N3O2.2ClH/c1-28-21-7-5-19(6-8-21)16-26-12-9-18(10-13-26)14-25-22(27)23-11-3-2-4-20(23)15-24-17-23;;/h5-8,18,20,24H,2-4,9-17H2,1H3,(H,25,27);2*1H/t20-,23+;;/m0../s1. The lowest BCUT2D eigenvalue weighted by Crippen LogP contribution is -2.49. The number of benzene rings is 1. The summed E-state index contributed by atoms with van der Waals surface area (Å²) in [6.07, 6.45) is 7.11. The minimum atomic E-state index is -0.118. The van der Waals surface area contributed by atoms with E-state index < -0.39 is 0 Å². The van der Waals surface area contributed by atoms with Crippen molar-refractivity contribution < 1.29 is 9.53 Å². The first-order valence-corrected chi connectivity index (χ1v) is 11.0. The molecule has 7 heteroatoms. The lowest BCUT2D eigenvalue weighted by molar-refractivity contribution is -0.134. The smallest absolute Gasteiger partial charge is 0.227 e. The number of nitrogens with zero attached hydrogens (tertiary/aromatic N) is 1. The SMILES string of the molecule is COc1ccc(CN2CCC(CNC(=O)[C@@]34CCCC[C@H]3CNC4)CC2)cc1.Cl.Cl. The molecule has 4 rings (SSSR count). The first kappa shape index (κ1) is 25.3. The minimum absolute atomic E-state index is 0. The van der Waals surface area contributed by atoms with Crippen molar-refractivity contribution in [3.63, 3.8) is 0 Å². The predicted octanol–water partition coefficient (Wildman–Crippen LogP) is 3.65. The van der Waals surface area contributed by atoms with E-state index in [1.807, 2.05) is 12.1 Å². The van der Waals surface area contributed by atoms with E-state index in [2.05, 4.69) is 27.7 Å². The van der Waals surface area contributed by atoms with E-state index in [0.29, 0.717) is 17.7 Å². The summed E-state index contributed by atoms with van der Waals surface area (Å²) in [5, 5.41) is 6.83. The van der Waals surface area contributed by atoms with E-state index in [1.54, 1.807) is 7.11 Å². The Hall–Kier alpha value is -1.01. The van der Waals surface area contributed by atoms with Crippen molar-refractivity contribution in [3.8, 4) is 5.75 Å². The van der Waals surface area contributed by atoms with E-state index in [9.17, 15) is 4.79 Å². The van der Waals surface area contributed by atoms with Gasteiger partial charge in [-0.3, -0.25) is 9.69 Å². The summed E-state index contributed by atoms with van der Waals surface area (Å²) < 4.78 is 5.24. The van der Waals surface area contributed by atoms with E-state index in [4.69, 9.17) is 4.74 Å². The zero-order valence-electron chi connectivity index (χ0n) is 18.0. The molecular weight excluding hydrogens is 421 g/mol. The van der Waals surface area contributed by atoms with Crippen molar-refractivity contribution in [2.75, 3.05) is 39.8 Å². The van der Waals surface area contributed by atoms with Gasteiger partial charge in [0.2, 0.25) is 5.91 Å². The average Bonchev–Trinajstić information content (AvgIpc) is 3.19. The molecule has 0 radical (unpaired) electrons. The van der Waals surface area contributed by atoms with Crippen LogP contribution in [-0.2, 0) is 11.3 Å². The Kier molecular flexibility index (Phi) is 9.73. The summed E-state index contributed by atoms with van der Waals surface area (Å²) in [5.74, 6) is 2.40. The third kappa shape index (κ3) is 5.61. The molecule has 2 heterocycles. The first-order valence-electron chi connectivity index (χ1n) is 11.0. The highest BCUT2D eigenvalue weighted by Crippen LogP contribution is 2.43. The van der Waals surface area contributed by atoms with Crippen LogP contribution in [0, 0.1) is 17.3 Å². The van der Waals surface area contributed by atoms with Crippen LogP contribution in [0.25, 0.3) is 0 Å². The maximum atomic E-state index is 13.0. The molecule has 0 bridgehead atoms. The maximum absolute atomic E-state index is 13.0. The molecule has 2 N–H and O–H groups in total. The molecule has 170 valence electrons. The van der Waals surface area contributed by atoms with Gasteiger partial charge in [-0.2, -0.15) is 0 Å². The molecular formula is C23H37Cl2N3O2. The Morgan fingerprint density at radius 2 is 1.90 bits per heavy atom. The van der Waals surface area contributed by atoms with Gasteiger partial charge in [0.05, 0.1) is 12.5 Å². The Labute approximate surface area is 193 Å². The number of carbonyl (C=O) groups is 1. The van der Waals surface area contributed by atoms with Gasteiger partial charge in [-0.15, -0.1) is 24.8 Å². The van der Waals surface area contributed by atoms with Crippen LogP contribution in [-0.4, -0.2) is 50.6 Å². The molecule has 1 aromatic rings. The van der Waals surface area contributed by atoms with E-state index >= 15 is 0 Å². The van der Waals surface area contributed by atoms with Crippen LogP contribution >= 0.6 is 24.8 Å². The van der Waals surface area contributed by atoms with Crippen molar-refractivity contribution in [2.45, 2.75) is 45.1 Å². The number of methoxy groups -OCH3 is 1. The van der Waals surface area contributed by atoms with Crippen LogP contribution in [0.15, 0.2) is 24.3 Å². The number of likely N-dealkylation sites (tertiary alicyclic amines) is 1. The van der Waals surface area contributed by atoms with Gasteiger partial charge in [0.25, 0.3) is 0 Å². The fraction of sp³-hybridized carbons (Fsp3) is 0.696. The molecule has 2 atom stereocenters. The third-order valence-electron chi connectivity index (χ3n) is 7.31. The number of nitrogens with one attached hydrogen (secondary N) is 2. The Morgan fingerprint density at radius 3 is 2.60 bits per heavy atom. The molecule has 0 unspecified atom stereocenters. The molecule has 5 nitrogen and oxygen atoms in total. The number of fused-ring (bicyclic) bond motifs is 1. The molecule has 0 spiro atoms. The van der Waals surface area contributed by atoms with Crippen LogP contribution in [0.2, 0.25) is 0 Å². The van der Waals surface area contributed by atoms with Crippen molar-refractivity contribution in [2.24, 2.45) is 17.3 Å². The lowest BCUT2D eigenvalue weighted by Gasteiger charge is -2.38. The van der Waals surface area contributed by atoms with Crippen molar-refractivity contribution in [1.29, 1.82) is 0 Å². The van der Waals surface area contributed by atoms with Crippen LogP contribution in [0.1, 0.15) is 44.1 Å². The fourth-order valence-corrected chi connectivity index (χ4v) is 5.44. The van der Waals surface area contributed by atoms with Crippen molar-refractivity contribution in [1.82, 2.24) is 15.5 Å². The van der Waals surface area contributed by atoms with Gasteiger partial charge < -0.3 is 15.4 Å². The number of hydrogen-bond acceptors (Lipinski definition) is 4. The summed E-state index contributed by atoms with van der Waals surface area (Å²) in [6.45, 7) is 5.98. The van der Waals surface area contributed by atoms with Gasteiger partial charge in [-0.25, -0.2) is 0 Å². The third-order valence-corrected chi connectivity index (χ3v) is 7.31. The average molecular weight is 458 g/mol. The highest BCUT2D eigenvalue weighted by atomic mass is 35.5. The quantitative estimate of drug-likeness (QED) is 0.684. The molecule has 1 aliphatic carbocycles. The van der Waals surface area contributed by atoms with E-state index in [1.165, 1.54) is 37.7 Å². The summed E-state index contributed by atoms with van der Waals surface area (Å²) in [5.41, 5.74) is 1.22. The number of halogens is 2. The molecule has 1 saturated carbocycles. The van der Waals surface area contributed by atoms with E-state index in [0.717, 1.165) is 51.4 Å². The van der Waals surface area contributed by atoms with Gasteiger partial charge in [-0.1, -0.05) is 25.0 Å². The molecule has 1 aromatic carbocycles. The molecule has 1 amide bonds. The highest BCUT2D eigenvalue weighted by Gasteiger charge is 2.49. The zero-order valence-corrected chi connectivity index (χ0v) is 19.7. The van der Waals surface area contributed by atoms with Crippen LogP contribution in [0.4, 0.5) is 0 Å². The van der Waals surface area contributed by atoms with Crippen LogP contribution in [0.3, 0.4) is 0 Å². The number of piperidine rings is 1. The summed E-state index contributed by atoms with van der Waals surface area (Å²) in [7, 11) is 1.70. The monoisotopic (exact) mass is 457 g/mol. The van der Waals surface area contributed by atoms with Crippen LogP contribution in [0.5, 0.6) is 5.75 Å². The summed E-state index contributed by atoms with van der Waals surface area (Å²) in [6, 6.07) is 8.38. The Balaban J connectivity index is 0.00000160. The zero-order chi connectivity index (χ0) is 19.4. The predicted molar refractivity (Wildman–Crippen MR) is 126 cm³/mol. The van der Waals surface area contributed by atoms with Gasteiger partial charge in [-0.05, 0) is 74.8 Å². The molecule has 0 aromatic heterocycles. The maximum Gasteiger partial charge on any atom is 0.227 e. The summed E-state index contributed by atoms with van der Waals surface area (Å²) in [4.78, 5) is 15.6. The van der Waals surface area contributed by atoms with Crippen molar-refractivity contribution >= 4 is 30.7 Å². The second-order valence-corrected chi connectivity index (χ2v) is 9.01. The number of rotatable bonds is 6. The van der Waals surface area contributed by atoms with Gasteiger partial charge in [0.15, 0.2) is 0 Å². The second kappa shape index (κ2) is 11.6. The summed E-state index contributed by atoms with van der Waals surface area (Å²) >= 11 is 0. The lowest BCUT2D eigenvalue weighted by atomic mass is 9.67. The second-order valence-electron chi connectivity index (χ2n) is 9.01. The fourth-order valence-electron chi connectivity index (χ4n) is 5.44. The molecule has 30 heavy (non-hydrogen) atoms. The topological polar surface area (TPSA) is 53.6 Å². The molecule has 2 aliphatic heterocycles. The van der Waals surface area contributed by atoms with Gasteiger partial charge >= 0.3 is 0 Å². The van der Waals surface area contributed by atoms with Crippen LogP contribution < -0.4 is 15.4 Å². The Bertz CT molecular complexity index is 665. The molecule has 2 saturated heterocycles. The normalized spacial score (nSPS) is 26.8. The molecule has 3 aliphatic rings. The highest BCUT2D eigenvalue weighted by molar-refractivity contribution is 5.85. The Morgan fingerprint density at radius 1 is 1.17 bits per heavy atom.